The van der Waals surface area contributed by atoms with Gasteiger partial charge in [0.05, 0.1) is 0 Å². The Bertz CT molecular complexity index is 599. The molecule has 2 saturated heterocycles. The molecule has 2 aliphatic rings. The number of hydrogen-bond acceptors (Lipinski definition) is 5. The Balaban J connectivity index is 1.78. The maximum atomic E-state index is 12.8. The number of likely N-dealkylation sites (tertiary alicyclic amines) is 1. The van der Waals surface area contributed by atoms with E-state index in [2.05, 4.69) is 11.9 Å². The summed E-state index contributed by atoms with van der Waals surface area (Å²) in [6.45, 7) is 2.82. The molecule has 2 N–H and O–H groups in total. The Morgan fingerprint density at radius 3 is 2.86 bits per heavy atom. The zero-order chi connectivity index (χ0) is 15.0. The van der Waals surface area contributed by atoms with E-state index in [0.717, 1.165) is 24.3 Å². The third-order valence-corrected chi connectivity index (χ3v) is 8.18. The van der Waals surface area contributed by atoms with Crippen LogP contribution in [-0.2, 0) is 16.6 Å². The molecule has 0 radical (unpaired) electrons. The first kappa shape index (κ1) is 15.4. The quantitative estimate of drug-likeness (QED) is 0.908. The molecule has 0 bridgehead atoms. The van der Waals surface area contributed by atoms with Gasteiger partial charge < -0.3 is 10.6 Å². The molecule has 5 nitrogen and oxygen atoms in total. The van der Waals surface area contributed by atoms with E-state index in [-0.39, 0.29) is 0 Å². The Kier molecular flexibility index (Phi) is 4.38. The molecule has 0 aliphatic carbocycles. The second-order valence-corrected chi connectivity index (χ2v) is 9.36. The van der Waals surface area contributed by atoms with Gasteiger partial charge in [0.25, 0.3) is 10.0 Å². The summed E-state index contributed by atoms with van der Waals surface area (Å²) >= 11 is 1.30. The lowest BCUT2D eigenvalue weighted by molar-refractivity contribution is 0.0672. The van der Waals surface area contributed by atoms with Gasteiger partial charge in [0.2, 0.25) is 0 Å². The van der Waals surface area contributed by atoms with Crippen molar-refractivity contribution in [2.24, 2.45) is 11.7 Å². The lowest BCUT2D eigenvalue weighted by atomic mass is 9.85. The van der Waals surface area contributed by atoms with Gasteiger partial charge in [-0.1, -0.05) is 0 Å². The maximum Gasteiger partial charge on any atom is 0.252 e. The average Bonchev–Trinajstić information content (AvgIpc) is 2.97. The largest absolute Gasteiger partial charge is 0.326 e. The van der Waals surface area contributed by atoms with Crippen LogP contribution in [0.15, 0.2) is 16.3 Å². The summed E-state index contributed by atoms with van der Waals surface area (Å²) in [6, 6.07) is 4.06. The molecule has 0 saturated carbocycles. The molecule has 0 spiro atoms. The molecular weight excluding hydrogens is 306 g/mol. The molecule has 1 aromatic heterocycles. The van der Waals surface area contributed by atoms with Gasteiger partial charge in [-0.3, -0.25) is 0 Å². The molecule has 21 heavy (non-hydrogen) atoms. The van der Waals surface area contributed by atoms with Crippen LogP contribution in [0, 0.1) is 5.92 Å². The summed E-state index contributed by atoms with van der Waals surface area (Å²) in [7, 11) is -1.18. The zero-order valence-electron chi connectivity index (χ0n) is 12.4. The summed E-state index contributed by atoms with van der Waals surface area (Å²) in [4.78, 5) is 3.32. The number of sulfonamides is 1. The summed E-state index contributed by atoms with van der Waals surface area (Å²) < 4.78 is 27.6. The third kappa shape index (κ3) is 2.90. The van der Waals surface area contributed by atoms with Gasteiger partial charge in [-0.15, -0.1) is 11.3 Å². The number of piperidine rings is 2. The SMILES string of the molecule is CN1CCCC2CN(S(=O)(=O)c3ccc(CN)s3)CCC21. The van der Waals surface area contributed by atoms with E-state index in [1.165, 1.54) is 17.8 Å². The molecule has 3 rings (SSSR count). The van der Waals surface area contributed by atoms with Crippen molar-refractivity contribution in [3.63, 3.8) is 0 Å². The fraction of sp³-hybridized carbons (Fsp3) is 0.714. The van der Waals surface area contributed by atoms with Gasteiger partial charge in [0.1, 0.15) is 4.21 Å². The number of fused-ring (bicyclic) bond motifs is 1. The number of nitrogens with two attached hydrogens (primary N) is 1. The highest BCUT2D eigenvalue weighted by Crippen LogP contribution is 2.33. The molecular formula is C14H23N3O2S2. The summed E-state index contributed by atoms with van der Waals surface area (Å²) in [5.74, 6) is 0.473. The fourth-order valence-electron chi connectivity index (χ4n) is 3.57. The van der Waals surface area contributed by atoms with Gasteiger partial charge in [0, 0.05) is 30.6 Å². The smallest absolute Gasteiger partial charge is 0.252 e. The van der Waals surface area contributed by atoms with Crippen molar-refractivity contribution in [2.45, 2.75) is 36.1 Å². The molecule has 0 aromatic carbocycles. The first-order valence-corrected chi connectivity index (χ1v) is 9.77. The Hall–Kier alpha value is -0.470. The molecule has 2 fully saturated rings. The number of rotatable bonds is 3. The number of hydrogen-bond donors (Lipinski definition) is 1. The van der Waals surface area contributed by atoms with Crippen molar-refractivity contribution in [3.8, 4) is 0 Å². The maximum absolute atomic E-state index is 12.8. The summed E-state index contributed by atoms with van der Waals surface area (Å²) in [6.07, 6.45) is 3.25. The standard InChI is InChI=1S/C14H23N3O2S2/c1-16-7-2-3-11-10-17(8-6-13(11)16)21(18,19)14-5-4-12(9-15)20-14/h4-5,11,13H,2-3,6-10,15H2,1H3. The minimum Gasteiger partial charge on any atom is -0.326 e. The Morgan fingerprint density at radius 2 is 2.14 bits per heavy atom. The predicted molar refractivity (Wildman–Crippen MR) is 84.7 cm³/mol. The van der Waals surface area contributed by atoms with Gasteiger partial charge in [-0.2, -0.15) is 4.31 Å². The molecule has 7 heteroatoms. The van der Waals surface area contributed by atoms with Crippen LogP contribution in [-0.4, -0.2) is 50.3 Å². The Morgan fingerprint density at radius 1 is 1.33 bits per heavy atom. The van der Waals surface area contributed by atoms with Crippen LogP contribution in [0.1, 0.15) is 24.1 Å². The highest BCUT2D eigenvalue weighted by Gasteiger charge is 2.38. The van der Waals surface area contributed by atoms with E-state index in [4.69, 9.17) is 5.73 Å². The van der Waals surface area contributed by atoms with E-state index < -0.39 is 10.0 Å². The van der Waals surface area contributed by atoms with Crippen LogP contribution in [0.25, 0.3) is 0 Å². The van der Waals surface area contributed by atoms with Gasteiger partial charge in [-0.25, -0.2) is 8.42 Å². The minimum atomic E-state index is -3.34. The van der Waals surface area contributed by atoms with Gasteiger partial charge in [0.15, 0.2) is 0 Å². The van der Waals surface area contributed by atoms with E-state index in [1.807, 2.05) is 6.07 Å². The minimum absolute atomic E-state index is 0.398. The molecule has 2 atom stereocenters. The Labute approximate surface area is 130 Å². The lowest BCUT2D eigenvalue weighted by Crippen LogP contribution is -2.53. The van der Waals surface area contributed by atoms with Crippen LogP contribution in [0.4, 0.5) is 0 Å². The first-order chi connectivity index (χ1) is 10.0. The average molecular weight is 329 g/mol. The van der Waals surface area contributed by atoms with Crippen LogP contribution in [0.3, 0.4) is 0 Å². The molecule has 2 aliphatic heterocycles. The van der Waals surface area contributed by atoms with Crippen LogP contribution in [0.5, 0.6) is 0 Å². The monoisotopic (exact) mass is 329 g/mol. The second-order valence-electron chi connectivity index (χ2n) is 6.03. The van der Waals surface area contributed by atoms with Crippen LogP contribution < -0.4 is 5.73 Å². The van der Waals surface area contributed by atoms with Crippen LogP contribution >= 0.6 is 11.3 Å². The van der Waals surface area contributed by atoms with E-state index >= 15 is 0 Å². The van der Waals surface area contributed by atoms with Crippen molar-refractivity contribution in [2.75, 3.05) is 26.7 Å². The van der Waals surface area contributed by atoms with Crippen molar-refractivity contribution in [1.82, 2.24) is 9.21 Å². The van der Waals surface area contributed by atoms with Crippen molar-refractivity contribution in [1.29, 1.82) is 0 Å². The lowest BCUT2D eigenvalue weighted by Gasteiger charge is -2.45. The van der Waals surface area contributed by atoms with Crippen molar-refractivity contribution < 1.29 is 8.42 Å². The van der Waals surface area contributed by atoms with E-state index in [1.54, 1.807) is 10.4 Å². The highest BCUT2D eigenvalue weighted by molar-refractivity contribution is 7.91. The van der Waals surface area contributed by atoms with E-state index in [0.29, 0.717) is 35.8 Å². The molecule has 118 valence electrons. The molecule has 3 heterocycles. The van der Waals surface area contributed by atoms with Crippen molar-refractivity contribution in [3.05, 3.63) is 17.0 Å². The second kappa shape index (κ2) is 5.96. The number of thiophene rings is 1. The van der Waals surface area contributed by atoms with E-state index in [9.17, 15) is 8.42 Å². The highest BCUT2D eigenvalue weighted by atomic mass is 32.2. The fourth-order valence-corrected chi connectivity index (χ4v) is 6.47. The number of nitrogens with zero attached hydrogens (tertiary/aromatic N) is 2. The first-order valence-electron chi connectivity index (χ1n) is 7.51. The van der Waals surface area contributed by atoms with Gasteiger partial charge >= 0.3 is 0 Å². The van der Waals surface area contributed by atoms with Crippen molar-refractivity contribution >= 4 is 21.4 Å². The zero-order valence-corrected chi connectivity index (χ0v) is 14.0. The third-order valence-electron chi connectivity index (χ3n) is 4.74. The molecule has 2 unspecified atom stereocenters. The van der Waals surface area contributed by atoms with Crippen LogP contribution in [0.2, 0.25) is 0 Å². The topological polar surface area (TPSA) is 66.6 Å². The molecule has 0 amide bonds. The van der Waals surface area contributed by atoms with Gasteiger partial charge in [-0.05, 0) is 50.9 Å². The summed E-state index contributed by atoms with van der Waals surface area (Å²) in [5, 5.41) is 0. The summed E-state index contributed by atoms with van der Waals surface area (Å²) in [5.41, 5.74) is 5.58. The normalized spacial score (nSPS) is 28.5. The predicted octanol–water partition coefficient (Wildman–Crippen LogP) is 1.31. The molecule has 1 aromatic rings.